The number of nitrogens with one attached hydrogen (secondary N) is 1. The Hall–Kier alpha value is -5.70. The minimum Gasteiger partial charge on any atom is -0.507 e. The number of hydrogen-bond acceptors (Lipinski definition) is 11. The molecular weight excluding hydrogens is 717 g/mol. The second-order valence-electron chi connectivity index (χ2n) is 10.8. The fourth-order valence-corrected chi connectivity index (χ4v) is 6.76. The van der Waals surface area contributed by atoms with Crippen molar-refractivity contribution in [3.63, 3.8) is 0 Å². The van der Waals surface area contributed by atoms with Crippen LogP contribution in [0.4, 0.5) is 22.7 Å². The van der Waals surface area contributed by atoms with Gasteiger partial charge in [-0.2, -0.15) is 35.4 Å². The minimum absolute atomic E-state index is 0.0606. The van der Waals surface area contributed by atoms with Crippen molar-refractivity contribution in [2.75, 3.05) is 5.32 Å². The second kappa shape index (κ2) is 12.3. The molecule has 0 saturated heterocycles. The van der Waals surface area contributed by atoms with Gasteiger partial charge in [0.1, 0.15) is 22.1 Å². The summed E-state index contributed by atoms with van der Waals surface area (Å²) in [5.41, 5.74) is -0.0829. The Balaban J connectivity index is 1.33. The lowest BCUT2D eigenvalue weighted by atomic mass is 10.1. The summed E-state index contributed by atoms with van der Waals surface area (Å²) >= 11 is 0. The maximum absolute atomic E-state index is 12.3. The first-order valence-corrected chi connectivity index (χ1v) is 18.2. The third-order valence-electron chi connectivity index (χ3n) is 7.33. The summed E-state index contributed by atoms with van der Waals surface area (Å²) < 4.78 is 99.5. The number of nitrogens with zero attached hydrogens (tertiary/aromatic N) is 3. The Morgan fingerprint density at radius 2 is 1.18 bits per heavy atom. The molecule has 0 radical (unpaired) electrons. The monoisotopic (exact) mass is 738 g/mol. The lowest BCUT2D eigenvalue weighted by Gasteiger charge is -2.10. The highest BCUT2D eigenvalue weighted by molar-refractivity contribution is 7.86. The summed E-state index contributed by atoms with van der Waals surface area (Å²) in [7, 11) is -14.0. The van der Waals surface area contributed by atoms with Crippen LogP contribution in [0.2, 0.25) is 0 Å². The maximum Gasteiger partial charge on any atom is 0.296 e. The first-order valence-electron chi connectivity index (χ1n) is 13.9. The molecule has 6 rings (SSSR count). The van der Waals surface area contributed by atoms with E-state index < -0.39 is 57.7 Å². The zero-order chi connectivity index (χ0) is 36.2. The number of benzene rings is 6. The smallest absolute Gasteiger partial charge is 0.296 e. The molecule has 0 saturated carbocycles. The number of phenols is 2. The van der Waals surface area contributed by atoms with E-state index in [9.17, 15) is 54.2 Å². The number of phenolic OH excluding ortho intramolecular Hbond substituents is 2. The van der Waals surface area contributed by atoms with Gasteiger partial charge in [0.25, 0.3) is 36.4 Å². The summed E-state index contributed by atoms with van der Waals surface area (Å²) in [6.45, 7) is 0. The Labute approximate surface area is 282 Å². The van der Waals surface area contributed by atoms with E-state index in [0.717, 1.165) is 30.3 Å². The van der Waals surface area contributed by atoms with E-state index in [-0.39, 0.29) is 49.2 Å². The van der Waals surface area contributed by atoms with E-state index in [1.807, 2.05) is 0 Å². The van der Waals surface area contributed by atoms with Crippen LogP contribution in [0.15, 0.2) is 121 Å². The number of anilines is 1. The number of hydrogen-bond donors (Lipinski definition) is 7. The van der Waals surface area contributed by atoms with Gasteiger partial charge in [0.15, 0.2) is 0 Å². The van der Waals surface area contributed by atoms with Crippen LogP contribution in [-0.2, 0) is 30.4 Å². The van der Waals surface area contributed by atoms with Crippen molar-refractivity contribution < 1.29 is 54.2 Å². The molecule has 0 aliphatic rings. The molecule has 0 aliphatic carbocycles. The van der Waals surface area contributed by atoms with Gasteiger partial charge in [0.05, 0.1) is 21.2 Å². The van der Waals surface area contributed by atoms with Gasteiger partial charge in [-0.05, 0) is 88.3 Å². The van der Waals surface area contributed by atoms with E-state index in [0.29, 0.717) is 10.8 Å². The zero-order valence-electron chi connectivity index (χ0n) is 24.9. The highest BCUT2D eigenvalue weighted by Crippen LogP contribution is 2.38. The number of aliphatic hydroxyl groups excluding tert-OH is 1. The molecule has 0 heterocycles. The number of fused-ring (bicyclic) bond motifs is 3. The maximum atomic E-state index is 12.3. The Morgan fingerprint density at radius 3 is 1.88 bits per heavy atom. The predicted molar refractivity (Wildman–Crippen MR) is 182 cm³/mol. The predicted octanol–water partition coefficient (Wildman–Crippen LogP) is 6.37. The molecule has 0 aliphatic heterocycles. The van der Waals surface area contributed by atoms with Crippen molar-refractivity contribution in [3.8, 4) is 11.5 Å². The van der Waals surface area contributed by atoms with Crippen LogP contribution in [0.25, 0.3) is 32.3 Å². The van der Waals surface area contributed by atoms with Crippen molar-refractivity contribution >= 4 is 91.4 Å². The number of aromatic hydroxyl groups is 2. The van der Waals surface area contributed by atoms with Gasteiger partial charge in [-0.15, -0.1) is 5.11 Å². The van der Waals surface area contributed by atoms with E-state index in [4.69, 9.17) is 0 Å². The number of aliphatic hydroxyl groups is 1. The van der Waals surface area contributed by atoms with Crippen LogP contribution in [-0.4, -0.2) is 60.3 Å². The standard InChI is InChI=1S/C31H22N4O12S3/c36-28-13-22(33-31(38)32-20-4-6-25-18(8-20)11-24(14-29(25)37)49(42,43)44)9-19-12-30(50(45,46)47)27(15-26(19)28)35-34-21-3-1-16-2-5-23(48(39,40)41)10-17(16)7-21/h1-15,36-37H,(H2,32,33,38)(H,39,40,41)(H,42,43,44)(H,45,46,47). The van der Waals surface area contributed by atoms with Gasteiger partial charge in [0, 0.05) is 28.6 Å². The van der Waals surface area contributed by atoms with E-state index >= 15 is 0 Å². The third-order valence-corrected chi connectivity index (χ3v) is 9.90. The van der Waals surface area contributed by atoms with Gasteiger partial charge >= 0.3 is 0 Å². The number of azo groups is 1. The molecule has 19 heteroatoms. The molecule has 50 heavy (non-hydrogen) atoms. The fourth-order valence-electron chi connectivity index (χ4n) is 5.07. The molecule has 256 valence electrons. The third kappa shape index (κ3) is 7.17. The molecular formula is C31H22N4O12S3. The SMILES string of the molecule is O=S(=O)(O)c1ccc2ccc(N=Nc3cc4c(O)cc(N=C(O)Nc5ccc6c(O)cc(S(=O)(=O)O)cc6c5)cc4cc3S(=O)(=O)O)cc2c1. The van der Waals surface area contributed by atoms with Crippen LogP contribution in [0.3, 0.4) is 0 Å². The molecule has 0 spiro atoms. The Morgan fingerprint density at radius 1 is 0.540 bits per heavy atom. The summed E-state index contributed by atoms with van der Waals surface area (Å²) in [6.07, 6.45) is 0. The first kappa shape index (κ1) is 34.2. The van der Waals surface area contributed by atoms with Crippen molar-refractivity contribution in [2.24, 2.45) is 15.2 Å². The lowest BCUT2D eigenvalue weighted by Crippen LogP contribution is -2.10. The van der Waals surface area contributed by atoms with Crippen LogP contribution in [0.1, 0.15) is 0 Å². The van der Waals surface area contributed by atoms with E-state index in [1.54, 1.807) is 6.07 Å². The summed E-state index contributed by atoms with van der Waals surface area (Å²) in [6, 6.07) is 18.5. The number of aliphatic imine (C=N–C) groups is 1. The second-order valence-corrected chi connectivity index (χ2v) is 15.0. The van der Waals surface area contributed by atoms with Crippen molar-refractivity contribution in [3.05, 3.63) is 91.0 Å². The van der Waals surface area contributed by atoms with Crippen molar-refractivity contribution in [1.82, 2.24) is 0 Å². The zero-order valence-corrected chi connectivity index (χ0v) is 27.3. The first-order chi connectivity index (χ1) is 23.3. The molecule has 0 unspecified atom stereocenters. The Bertz CT molecular complexity index is 2800. The highest BCUT2D eigenvalue weighted by Gasteiger charge is 2.19. The van der Waals surface area contributed by atoms with Gasteiger partial charge in [-0.3, -0.25) is 13.7 Å². The quantitative estimate of drug-likeness (QED) is 0.0406. The molecule has 0 aromatic heterocycles. The van der Waals surface area contributed by atoms with E-state index in [1.165, 1.54) is 54.6 Å². The van der Waals surface area contributed by atoms with Crippen LogP contribution >= 0.6 is 0 Å². The average Bonchev–Trinajstić information content (AvgIpc) is 3.01. The van der Waals surface area contributed by atoms with Crippen LogP contribution in [0.5, 0.6) is 11.5 Å². The average molecular weight is 739 g/mol. The van der Waals surface area contributed by atoms with Crippen molar-refractivity contribution in [2.45, 2.75) is 14.7 Å². The summed E-state index contributed by atoms with van der Waals surface area (Å²) in [5.74, 6) is -0.833. The normalized spacial score (nSPS) is 13.1. The highest BCUT2D eigenvalue weighted by atomic mass is 32.2. The summed E-state index contributed by atoms with van der Waals surface area (Å²) in [5, 5.41) is 43.5. The molecule has 0 bridgehead atoms. The Kier molecular flexibility index (Phi) is 8.42. The topological polar surface area (TPSA) is 273 Å². The molecule has 6 aromatic carbocycles. The van der Waals surface area contributed by atoms with Crippen LogP contribution in [0, 0.1) is 0 Å². The fraction of sp³-hybridized carbons (Fsp3) is 0. The summed E-state index contributed by atoms with van der Waals surface area (Å²) in [4.78, 5) is 2.38. The van der Waals surface area contributed by atoms with E-state index in [2.05, 4.69) is 20.5 Å². The van der Waals surface area contributed by atoms with Gasteiger partial charge in [-0.1, -0.05) is 12.1 Å². The minimum atomic E-state index is -4.91. The van der Waals surface area contributed by atoms with Gasteiger partial charge in [-0.25, -0.2) is 0 Å². The number of rotatable bonds is 7. The molecule has 6 aromatic rings. The van der Waals surface area contributed by atoms with Gasteiger partial charge < -0.3 is 20.6 Å². The number of amidine groups is 1. The largest absolute Gasteiger partial charge is 0.507 e. The van der Waals surface area contributed by atoms with Gasteiger partial charge in [0.2, 0.25) is 0 Å². The van der Waals surface area contributed by atoms with Crippen LogP contribution < -0.4 is 5.32 Å². The molecule has 0 amide bonds. The molecule has 16 nitrogen and oxygen atoms in total. The lowest BCUT2D eigenvalue weighted by molar-refractivity contribution is 0.471. The molecule has 7 N–H and O–H groups in total. The molecule has 0 atom stereocenters. The molecule has 0 fully saturated rings. The van der Waals surface area contributed by atoms with Crippen molar-refractivity contribution in [1.29, 1.82) is 0 Å².